The molecule has 3 heterocycles. The van der Waals surface area contributed by atoms with Gasteiger partial charge in [-0.3, -0.25) is 9.69 Å². The van der Waals surface area contributed by atoms with E-state index >= 15 is 0 Å². The zero-order valence-corrected chi connectivity index (χ0v) is 14.5. The molecular formula is C19H21N5O. The van der Waals surface area contributed by atoms with Gasteiger partial charge in [-0.15, -0.1) is 0 Å². The maximum atomic E-state index is 12.8. The number of aromatic nitrogens is 4. The first-order valence-electron chi connectivity index (χ1n) is 8.54. The minimum Gasteiger partial charge on any atom is -0.326 e. The number of carbonyl (C=O) groups excluding carboxylic acids is 1. The van der Waals surface area contributed by atoms with Crippen LogP contribution in [0.15, 0.2) is 42.9 Å². The van der Waals surface area contributed by atoms with Crippen LogP contribution in [-0.4, -0.2) is 31.6 Å². The number of nitrogens with zero attached hydrogens (tertiary/aromatic N) is 5. The molecule has 0 atom stereocenters. The van der Waals surface area contributed by atoms with Crippen LogP contribution in [0, 0.1) is 13.8 Å². The summed E-state index contributed by atoms with van der Waals surface area (Å²) in [5.74, 6) is 1.63. The summed E-state index contributed by atoms with van der Waals surface area (Å²) in [6, 6.07) is 8.31. The van der Waals surface area contributed by atoms with Crippen LogP contribution >= 0.6 is 0 Å². The Morgan fingerprint density at radius 1 is 1.16 bits per heavy atom. The summed E-state index contributed by atoms with van der Waals surface area (Å²) in [5, 5.41) is 0. The molecule has 2 aromatic heterocycles. The fourth-order valence-corrected chi connectivity index (χ4v) is 3.19. The van der Waals surface area contributed by atoms with Gasteiger partial charge in [-0.2, -0.15) is 0 Å². The number of hydrogen-bond acceptors (Lipinski definition) is 3. The van der Waals surface area contributed by atoms with Crippen molar-refractivity contribution in [2.24, 2.45) is 0 Å². The molecule has 4 rings (SSSR count). The minimum absolute atomic E-state index is 0.0445. The average molecular weight is 335 g/mol. The van der Waals surface area contributed by atoms with Crippen LogP contribution in [0.5, 0.6) is 0 Å². The molecule has 0 saturated heterocycles. The van der Waals surface area contributed by atoms with Crippen molar-refractivity contribution in [1.82, 2.24) is 19.1 Å². The van der Waals surface area contributed by atoms with Gasteiger partial charge in [0.2, 0.25) is 11.9 Å². The zero-order chi connectivity index (χ0) is 17.4. The quantitative estimate of drug-likeness (QED) is 0.739. The lowest BCUT2D eigenvalue weighted by Crippen LogP contribution is -2.39. The van der Waals surface area contributed by atoms with Crippen molar-refractivity contribution in [1.29, 1.82) is 0 Å². The highest BCUT2D eigenvalue weighted by atomic mass is 16.2. The Bertz CT molecular complexity index is 906. The molecule has 1 aliphatic rings. The number of benzene rings is 1. The van der Waals surface area contributed by atoms with Crippen molar-refractivity contribution in [2.45, 2.75) is 33.4 Å². The van der Waals surface area contributed by atoms with E-state index in [2.05, 4.69) is 40.7 Å². The number of aryl methyl sites for hydroxylation is 3. The summed E-state index contributed by atoms with van der Waals surface area (Å²) in [6.07, 6.45) is 6.53. The van der Waals surface area contributed by atoms with Gasteiger partial charge in [0.15, 0.2) is 0 Å². The van der Waals surface area contributed by atoms with E-state index in [-0.39, 0.29) is 5.91 Å². The largest absolute Gasteiger partial charge is 0.326 e. The lowest BCUT2D eigenvalue weighted by Gasteiger charge is -2.27. The van der Waals surface area contributed by atoms with E-state index in [1.54, 1.807) is 11.1 Å². The summed E-state index contributed by atoms with van der Waals surface area (Å²) in [4.78, 5) is 23.5. The molecule has 25 heavy (non-hydrogen) atoms. The van der Waals surface area contributed by atoms with Crippen molar-refractivity contribution in [3.8, 4) is 11.3 Å². The topological polar surface area (TPSA) is 56.0 Å². The van der Waals surface area contributed by atoms with Gasteiger partial charge >= 0.3 is 0 Å². The smallest absolute Gasteiger partial charge is 0.249 e. The zero-order valence-electron chi connectivity index (χ0n) is 14.5. The molecule has 6 nitrogen and oxygen atoms in total. The predicted octanol–water partition coefficient (Wildman–Crippen LogP) is 2.80. The Kier molecular flexibility index (Phi) is 3.87. The van der Waals surface area contributed by atoms with Gasteiger partial charge in [0.1, 0.15) is 12.4 Å². The van der Waals surface area contributed by atoms with Gasteiger partial charge in [0.25, 0.3) is 0 Å². The summed E-state index contributed by atoms with van der Waals surface area (Å²) in [6.45, 7) is 5.86. The summed E-state index contributed by atoms with van der Waals surface area (Å²) < 4.78 is 3.95. The number of imidazole rings is 2. The van der Waals surface area contributed by atoms with Crippen molar-refractivity contribution in [3.63, 3.8) is 0 Å². The molecule has 0 radical (unpaired) electrons. The third-order valence-corrected chi connectivity index (χ3v) is 4.66. The molecule has 0 aliphatic carbocycles. The maximum Gasteiger partial charge on any atom is 0.249 e. The number of carbonyl (C=O) groups is 1. The van der Waals surface area contributed by atoms with Crippen LogP contribution in [-0.2, 0) is 17.9 Å². The summed E-state index contributed by atoms with van der Waals surface area (Å²) >= 11 is 0. The first-order valence-corrected chi connectivity index (χ1v) is 8.54. The van der Waals surface area contributed by atoms with Gasteiger partial charge in [-0.25, -0.2) is 9.97 Å². The van der Waals surface area contributed by atoms with Gasteiger partial charge in [0, 0.05) is 37.2 Å². The fraction of sp³-hybridized carbons (Fsp3) is 0.316. The number of hydrogen-bond donors (Lipinski definition) is 0. The number of fused-ring (bicyclic) bond motifs is 1. The monoisotopic (exact) mass is 335 g/mol. The highest BCUT2D eigenvalue weighted by Crippen LogP contribution is 2.27. The van der Waals surface area contributed by atoms with Crippen LogP contribution in [0.25, 0.3) is 11.3 Å². The second-order valence-corrected chi connectivity index (χ2v) is 6.49. The SMILES string of the molecule is Cc1ccc(-c2cn3c(n2)N(C(=O)Cn2ccnc2C)CCC3)cc1. The molecule has 0 saturated carbocycles. The number of anilines is 1. The normalized spacial score (nSPS) is 13.8. The third kappa shape index (κ3) is 2.95. The molecular weight excluding hydrogens is 314 g/mol. The second kappa shape index (κ2) is 6.20. The van der Waals surface area contributed by atoms with Crippen LogP contribution in [0.2, 0.25) is 0 Å². The van der Waals surface area contributed by atoms with Crippen LogP contribution in [0.4, 0.5) is 5.95 Å². The van der Waals surface area contributed by atoms with Gasteiger partial charge < -0.3 is 9.13 Å². The molecule has 1 amide bonds. The van der Waals surface area contributed by atoms with Gasteiger partial charge in [0.05, 0.1) is 5.69 Å². The summed E-state index contributed by atoms with van der Waals surface area (Å²) in [5.41, 5.74) is 3.21. The van der Waals surface area contributed by atoms with E-state index in [1.165, 1.54) is 5.56 Å². The molecule has 0 fully saturated rings. The predicted molar refractivity (Wildman–Crippen MR) is 96.3 cm³/mol. The van der Waals surface area contributed by atoms with Crippen molar-refractivity contribution >= 4 is 11.9 Å². The molecule has 0 bridgehead atoms. The van der Waals surface area contributed by atoms with Crippen LogP contribution in [0.1, 0.15) is 17.8 Å². The third-order valence-electron chi connectivity index (χ3n) is 4.66. The minimum atomic E-state index is 0.0445. The summed E-state index contributed by atoms with van der Waals surface area (Å²) in [7, 11) is 0. The van der Waals surface area contributed by atoms with Crippen molar-refractivity contribution < 1.29 is 4.79 Å². The lowest BCUT2D eigenvalue weighted by molar-refractivity contribution is -0.119. The van der Waals surface area contributed by atoms with Crippen LogP contribution in [0.3, 0.4) is 0 Å². The molecule has 6 heteroatoms. The Balaban J connectivity index is 1.62. The molecule has 0 N–H and O–H groups in total. The van der Waals surface area contributed by atoms with E-state index < -0.39 is 0 Å². The average Bonchev–Trinajstić information content (AvgIpc) is 3.21. The van der Waals surface area contributed by atoms with Crippen LogP contribution < -0.4 is 4.90 Å². The molecule has 0 spiro atoms. The van der Waals surface area contributed by atoms with E-state index in [1.807, 2.05) is 23.9 Å². The van der Waals surface area contributed by atoms with Gasteiger partial charge in [-0.05, 0) is 20.3 Å². The molecule has 0 unspecified atom stereocenters. The Morgan fingerprint density at radius 2 is 1.96 bits per heavy atom. The van der Waals surface area contributed by atoms with Crippen molar-refractivity contribution in [2.75, 3.05) is 11.4 Å². The lowest BCUT2D eigenvalue weighted by atomic mass is 10.1. The Labute approximate surface area is 146 Å². The number of rotatable bonds is 3. The highest BCUT2D eigenvalue weighted by Gasteiger charge is 2.25. The first kappa shape index (κ1) is 15.6. The maximum absolute atomic E-state index is 12.8. The Morgan fingerprint density at radius 3 is 2.68 bits per heavy atom. The molecule has 128 valence electrons. The molecule has 1 aromatic carbocycles. The van der Waals surface area contributed by atoms with Crippen molar-refractivity contribution in [3.05, 3.63) is 54.2 Å². The highest BCUT2D eigenvalue weighted by molar-refractivity contribution is 5.92. The van der Waals surface area contributed by atoms with E-state index in [0.29, 0.717) is 13.1 Å². The number of amides is 1. The van der Waals surface area contributed by atoms with Gasteiger partial charge in [-0.1, -0.05) is 29.8 Å². The first-order chi connectivity index (χ1) is 12.1. The standard InChI is InChI=1S/C19H21N5O/c1-14-4-6-16(7-5-14)17-12-23-9-3-10-24(19(23)21-17)18(25)13-22-11-8-20-15(22)2/h4-8,11-12H,3,9-10,13H2,1-2H3. The van der Waals surface area contributed by atoms with E-state index in [9.17, 15) is 4.79 Å². The fourth-order valence-electron chi connectivity index (χ4n) is 3.19. The molecule has 1 aliphatic heterocycles. The van der Waals surface area contributed by atoms with E-state index in [4.69, 9.17) is 4.98 Å². The van der Waals surface area contributed by atoms with E-state index in [0.717, 1.165) is 36.0 Å². The Hall–Kier alpha value is -2.89. The second-order valence-electron chi connectivity index (χ2n) is 6.49. The molecule has 3 aromatic rings.